The lowest BCUT2D eigenvalue weighted by Gasteiger charge is -2.12. The van der Waals surface area contributed by atoms with Crippen LogP contribution in [0.15, 0.2) is 15.8 Å². The SMILES string of the molecule is Cc1cn(C2CN[C@@H](C(=O)O)C2)c(=O)[nH]c1=O. The Bertz CT molecular complexity index is 559. The lowest BCUT2D eigenvalue weighted by atomic mass is 10.1. The number of nitrogens with zero attached hydrogens (tertiary/aromatic N) is 1. The molecule has 17 heavy (non-hydrogen) atoms. The van der Waals surface area contributed by atoms with Crippen LogP contribution >= 0.6 is 0 Å². The van der Waals surface area contributed by atoms with Crippen molar-refractivity contribution in [2.75, 3.05) is 6.54 Å². The van der Waals surface area contributed by atoms with E-state index in [4.69, 9.17) is 5.11 Å². The van der Waals surface area contributed by atoms with Gasteiger partial charge in [-0.2, -0.15) is 0 Å². The van der Waals surface area contributed by atoms with E-state index in [1.54, 1.807) is 6.92 Å². The molecule has 0 radical (unpaired) electrons. The lowest BCUT2D eigenvalue weighted by molar-refractivity contribution is -0.139. The standard InChI is InChI=1S/C10H13N3O4/c1-5-4-13(10(17)12-8(5)14)6-2-7(9(15)16)11-3-6/h4,6-7,11H,2-3H2,1H3,(H,15,16)(H,12,14,17)/t6?,7-/m1/s1. The Morgan fingerprint density at radius 3 is 2.82 bits per heavy atom. The zero-order valence-corrected chi connectivity index (χ0v) is 9.27. The smallest absolute Gasteiger partial charge is 0.328 e. The molecule has 7 nitrogen and oxygen atoms in total. The Morgan fingerprint density at radius 2 is 2.24 bits per heavy atom. The summed E-state index contributed by atoms with van der Waals surface area (Å²) in [6.07, 6.45) is 1.80. The number of aromatic amines is 1. The first-order valence-electron chi connectivity index (χ1n) is 5.27. The molecule has 0 amide bonds. The van der Waals surface area contributed by atoms with Gasteiger partial charge in [0.15, 0.2) is 0 Å². The molecule has 7 heteroatoms. The highest BCUT2D eigenvalue weighted by atomic mass is 16.4. The number of aryl methyl sites for hydroxylation is 1. The third kappa shape index (κ3) is 2.14. The number of aromatic nitrogens is 2. The predicted octanol–water partition coefficient (Wildman–Crippen LogP) is -1.17. The van der Waals surface area contributed by atoms with Gasteiger partial charge in [0.05, 0.1) is 6.04 Å². The van der Waals surface area contributed by atoms with Crippen molar-refractivity contribution >= 4 is 5.97 Å². The van der Waals surface area contributed by atoms with Gasteiger partial charge in [-0.3, -0.25) is 19.1 Å². The van der Waals surface area contributed by atoms with Gasteiger partial charge < -0.3 is 10.4 Å². The predicted molar refractivity (Wildman–Crippen MR) is 59.1 cm³/mol. The number of carboxylic acids is 1. The van der Waals surface area contributed by atoms with Crippen LogP contribution in [0.2, 0.25) is 0 Å². The summed E-state index contributed by atoms with van der Waals surface area (Å²) in [7, 11) is 0. The lowest BCUT2D eigenvalue weighted by Crippen LogP contribution is -2.33. The van der Waals surface area contributed by atoms with E-state index in [0.29, 0.717) is 18.5 Å². The van der Waals surface area contributed by atoms with Crippen LogP contribution in [-0.4, -0.2) is 33.2 Å². The number of H-pyrrole nitrogens is 1. The fourth-order valence-corrected chi connectivity index (χ4v) is 1.97. The fourth-order valence-electron chi connectivity index (χ4n) is 1.97. The monoisotopic (exact) mass is 239 g/mol. The second kappa shape index (κ2) is 4.17. The Labute approximate surface area is 96.1 Å². The number of carbonyl (C=O) groups is 1. The van der Waals surface area contributed by atoms with Crippen LogP contribution in [0.5, 0.6) is 0 Å². The molecule has 2 atom stereocenters. The Hall–Kier alpha value is -1.89. The normalized spacial score (nSPS) is 23.8. The first-order valence-corrected chi connectivity index (χ1v) is 5.27. The van der Waals surface area contributed by atoms with Crippen LogP contribution in [-0.2, 0) is 4.79 Å². The van der Waals surface area contributed by atoms with E-state index in [0.717, 1.165) is 0 Å². The number of aliphatic carboxylic acids is 1. The Kier molecular flexibility index (Phi) is 2.84. The number of carboxylic acid groups (broad SMARTS) is 1. The quantitative estimate of drug-likeness (QED) is 0.603. The summed E-state index contributed by atoms with van der Waals surface area (Å²) >= 11 is 0. The van der Waals surface area contributed by atoms with Crippen LogP contribution in [0, 0.1) is 6.92 Å². The van der Waals surface area contributed by atoms with Gasteiger partial charge in [0, 0.05) is 18.3 Å². The van der Waals surface area contributed by atoms with Crippen molar-refractivity contribution in [2.45, 2.75) is 25.4 Å². The van der Waals surface area contributed by atoms with E-state index in [1.807, 2.05) is 0 Å². The first-order chi connectivity index (χ1) is 7.99. The molecule has 0 aliphatic carbocycles. The Morgan fingerprint density at radius 1 is 1.53 bits per heavy atom. The molecule has 2 rings (SSSR count). The maximum Gasteiger partial charge on any atom is 0.328 e. The molecule has 1 aromatic rings. The zero-order chi connectivity index (χ0) is 12.6. The second-order valence-corrected chi connectivity index (χ2v) is 4.17. The number of hydrogen-bond donors (Lipinski definition) is 3. The largest absolute Gasteiger partial charge is 0.480 e. The van der Waals surface area contributed by atoms with E-state index in [1.165, 1.54) is 10.8 Å². The third-order valence-electron chi connectivity index (χ3n) is 2.95. The van der Waals surface area contributed by atoms with Crippen LogP contribution in [0.1, 0.15) is 18.0 Å². The highest BCUT2D eigenvalue weighted by molar-refractivity contribution is 5.73. The Balaban J connectivity index is 2.31. The van der Waals surface area contributed by atoms with Gasteiger partial charge in [0.25, 0.3) is 5.56 Å². The van der Waals surface area contributed by atoms with Crippen molar-refractivity contribution < 1.29 is 9.90 Å². The molecule has 3 N–H and O–H groups in total. The molecule has 92 valence electrons. The minimum atomic E-state index is -0.929. The van der Waals surface area contributed by atoms with E-state index >= 15 is 0 Å². The summed E-state index contributed by atoms with van der Waals surface area (Å²) in [4.78, 5) is 35.8. The molecule has 0 bridgehead atoms. The number of rotatable bonds is 2. The average molecular weight is 239 g/mol. The van der Waals surface area contributed by atoms with Crippen molar-refractivity contribution in [2.24, 2.45) is 0 Å². The van der Waals surface area contributed by atoms with Gasteiger partial charge in [0.2, 0.25) is 0 Å². The molecule has 1 aliphatic rings. The fraction of sp³-hybridized carbons (Fsp3) is 0.500. The van der Waals surface area contributed by atoms with Gasteiger partial charge in [-0.1, -0.05) is 0 Å². The summed E-state index contributed by atoms with van der Waals surface area (Å²) in [5.41, 5.74) is -0.478. The molecule has 0 aromatic carbocycles. The van der Waals surface area contributed by atoms with E-state index in [-0.39, 0.29) is 6.04 Å². The van der Waals surface area contributed by atoms with Gasteiger partial charge in [0.1, 0.15) is 6.04 Å². The van der Waals surface area contributed by atoms with Gasteiger partial charge in [-0.05, 0) is 13.3 Å². The molecule has 0 spiro atoms. The summed E-state index contributed by atoms with van der Waals surface area (Å²) in [5.74, 6) is -0.929. The van der Waals surface area contributed by atoms with Crippen molar-refractivity contribution in [1.29, 1.82) is 0 Å². The van der Waals surface area contributed by atoms with Crippen LogP contribution in [0.4, 0.5) is 0 Å². The van der Waals surface area contributed by atoms with Crippen molar-refractivity contribution in [3.63, 3.8) is 0 Å². The van der Waals surface area contributed by atoms with E-state index in [9.17, 15) is 14.4 Å². The molecule has 1 saturated heterocycles. The zero-order valence-electron chi connectivity index (χ0n) is 9.27. The molecule has 1 fully saturated rings. The molecule has 0 saturated carbocycles. The molecular weight excluding hydrogens is 226 g/mol. The molecular formula is C10H13N3O4. The summed E-state index contributed by atoms with van der Waals surface area (Å²) in [5, 5.41) is 11.7. The molecule has 2 heterocycles. The number of hydrogen-bond acceptors (Lipinski definition) is 4. The van der Waals surface area contributed by atoms with Crippen molar-refractivity contribution in [3.05, 3.63) is 32.6 Å². The molecule has 1 unspecified atom stereocenters. The summed E-state index contributed by atoms with van der Waals surface area (Å²) < 4.78 is 1.38. The van der Waals surface area contributed by atoms with Crippen molar-refractivity contribution in [3.8, 4) is 0 Å². The van der Waals surface area contributed by atoms with Crippen molar-refractivity contribution in [1.82, 2.24) is 14.9 Å². The van der Waals surface area contributed by atoms with Gasteiger partial charge in [-0.15, -0.1) is 0 Å². The van der Waals surface area contributed by atoms with E-state index in [2.05, 4.69) is 10.3 Å². The molecule has 1 aliphatic heterocycles. The van der Waals surface area contributed by atoms with Gasteiger partial charge in [-0.25, -0.2) is 4.79 Å². The minimum Gasteiger partial charge on any atom is -0.480 e. The highest BCUT2D eigenvalue weighted by Gasteiger charge is 2.30. The van der Waals surface area contributed by atoms with Crippen LogP contribution in [0.3, 0.4) is 0 Å². The van der Waals surface area contributed by atoms with E-state index < -0.39 is 23.3 Å². The average Bonchev–Trinajstić information content (AvgIpc) is 2.72. The topological polar surface area (TPSA) is 104 Å². The van der Waals surface area contributed by atoms with Crippen LogP contribution < -0.4 is 16.6 Å². The number of nitrogens with one attached hydrogen (secondary N) is 2. The van der Waals surface area contributed by atoms with Gasteiger partial charge >= 0.3 is 11.7 Å². The summed E-state index contributed by atoms with van der Waals surface area (Å²) in [6, 6.07) is -0.877. The summed E-state index contributed by atoms with van der Waals surface area (Å²) in [6.45, 7) is 2.01. The minimum absolute atomic E-state index is 0.237. The molecule has 1 aromatic heterocycles. The second-order valence-electron chi connectivity index (χ2n) is 4.17. The maximum absolute atomic E-state index is 11.6. The van der Waals surface area contributed by atoms with Crippen LogP contribution in [0.25, 0.3) is 0 Å². The highest BCUT2D eigenvalue weighted by Crippen LogP contribution is 2.17. The first kappa shape index (κ1) is 11.6. The maximum atomic E-state index is 11.6. The third-order valence-corrected chi connectivity index (χ3v) is 2.95.